The smallest absolute Gasteiger partial charge is 0.269 e. The molecule has 0 atom stereocenters. The van der Waals surface area contributed by atoms with Gasteiger partial charge in [0.05, 0.1) is 9.85 Å². The van der Waals surface area contributed by atoms with Gasteiger partial charge in [0.15, 0.2) is 0 Å². The second kappa shape index (κ2) is 12.0. The van der Waals surface area contributed by atoms with Gasteiger partial charge in [-0.15, -0.1) is 0 Å². The van der Waals surface area contributed by atoms with Gasteiger partial charge < -0.3 is 8.83 Å². The summed E-state index contributed by atoms with van der Waals surface area (Å²) in [5.74, 6) is -1.69. The number of nitrogens with zero attached hydrogens (tertiary/aromatic N) is 4. The van der Waals surface area contributed by atoms with E-state index in [-0.39, 0.29) is 22.5 Å². The van der Waals surface area contributed by atoms with Crippen LogP contribution in [0.3, 0.4) is 0 Å². The second-order valence-electron chi connectivity index (χ2n) is 9.80. The molecule has 0 bridgehead atoms. The third kappa shape index (κ3) is 6.15. The van der Waals surface area contributed by atoms with Crippen LogP contribution >= 0.6 is 0 Å². The van der Waals surface area contributed by atoms with Gasteiger partial charge in [0.1, 0.15) is 17.6 Å². The molecular formula is C33H20N4O8. The Labute approximate surface area is 252 Å². The summed E-state index contributed by atoms with van der Waals surface area (Å²) in [6, 6.07) is 29.0. The molecule has 2 amide bonds. The highest BCUT2D eigenvalue weighted by molar-refractivity contribution is 5.98. The summed E-state index contributed by atoms with van der Waals surface area (Å²) in [5, 5.41) is 23.7. The molecule has 0 saturated heterocycles. The molecule has 0 radical (unpaired) electrons. The first-order chi connectivity index (χ1) is 21.7. The van der Waals surface area contributed by atoms with Gasteiger partial charge in [0.25, 0.3) is 23.2 Å². The van der Waals surface area contributed by atoms with E-state index in [0.717, 1.165) is 0 Å². The fourth-order valence-corrected chi connectivity index (χ4v) is 4.68. The minimum Gasteiger partial charge on any atom is -0.438 e. The zero-order chi connectivity index (χ0) is 31.5. The number of non-ortho nitro benzene ring substituents is 2. The number of para-hydroxylation sites is 2. The molecule has 0 saturated carbocycles. The largest absolute Gasteiger partial charge is 0.438 e. The quantitative estimate of drug-likeness (QED) is 0.122. The van der Waals surface area contributed by atoms with Crippen molar-refractivity contribution in [2.75, 3.05) is 0 Å². The first-order valence-electron chi connectivity index (χ1n) is 13.5. The maximum atomic E-state index is 13.1. The summed E-state index contributed by atoms with van der Waals surface area (Å²) in [6.45, 7) is 0. The Morgan fingerprint density at radius 2 is 0.956 bits per heavy atom. The van der Waals surface area contributed by atoms with Crippen LogP contribution in [0.15, 0.2) is 128 Å². The predicted molar refractivity (Wildman–Crippen MR) is 162 cm³/mol. The average Bonchev–Trinajstić information content (AvgIpc) is 3.04. The SMILES string of the molecule is O=C(CC(=O)N=c1oc2ccccc2cc1-c1ccc([N+](=O)[O-])cc1)N=c1oc2ccccc2cc1-c1ccc([N+](=O)[O-])cc1. The topological polar surface area (TPSA) is 171 Å². The Hall–Kier alpha value is -6.56. The summed E-state index contributed by atoms with van der Waals surface area (Å²) in [4.78, 5) is 55.5. The number of benzene rings is 4. The average molecular weight is 601 g/mol. The number of carbonyl (C=O) groups excluding carboxylic acids is 2. The molecule has 0 N–H and O–H groups in total. The van der Waals surface area contributed by atoms with Crippen LogP contribution in [0.5, 0.6) is 0 Å². The third-order valence-electron chi connectivity index (χ3n) is 6.84. The summed E-state index contributed by atoms with van der Waals surface area (Å²) in [6.07, 6.45) is -0.718. The minimum atomic E-state index is -0.844. The highest BCUT2D eigenvalue weighted by Gasteiger charge is 2.15. The van der Waals surface area contributed by atoms with Crippen molar-refractivity contribution < 1.29 is 28.3 Å². The molecule has 0 spiro atoms. The number of amides is 2. The van der Waals surface area contributed by atoms with Crippen LogP contribution in [0.25, 0.3) is 44.2 Å². The van der Waals surface area contributed by atoms with E-state index in [1.807, 2.05) is 12.1 Å². The van der Waals surface area contributed by atoms with E-state index in [9.17, 15) is 29.8 Å². The standard InChI is InChI=1S/C33H20N4O8/c38-30(34-32-26(17-22-5-1-3-7-28(22)44-32)20-9-13-24(14-10-20)36(40)41)19-31(39)35-33-27(18-23-6-2-4-8-29(23)45-33)21-11-15-25(16-12-21)37(42)43/h1-18H,19H2. The van der Waals surface area contributed by atoms with Crippen molar-refractivity contribution in [2.45, 2.75) is 6.42 Å². The van der Waals surface area contributed by atoms with Gasteiger partial charge in [-0.25, -0.2) is 0 Å². The van der Waals surface area contributed by atoms with Crippen LogP contribution in [0.4, 0.5) is 11.4 Å². The molecular weight excluding hydrogens is 580 g/mol. The summed E-state index contributed by atoms with van der Waals surface area (Å²) in [7, 11) is 0. The molecule has 220 valence electrons. The molecule has 0 aliphatic carbocycles. The lowest BCUT2D eigenvalue weighted by Crippen LogP contribution is -2.15. The van der Waals surface area contributed by atoms with E-state index in [0.29, 0.717) is 44.2 Å². The number of hydrogen-bond acceptors (Lipinski definition) is 8. The number of carbonyl (C=O) groups is 2. The monoisotopic (exact) mass is 600 g/mol. The van der Waals surface area contributed by atoms with E-state index in [1.54, 1.807) is 48.5 Å². The van der Waals surface area contributed by atoms with E-state index in [1.165, 1.54) is 48.5 Å². The number of rotatable bonds is 6. The van der Waals surface area contributed by atoms with Gasteiger partial charge in [0.2, 0.25) is 11.1 Å². The van der Waals surface area contributed by atoms with Crippen LogP contribution in [0.2, 0.25) is 0 Å². The Balaban J connectivity index is 1.38. The van der Waals surface area contributed by atoms with E-state index >= 15 is 0 Å². The van der Waals surface area contributed by atoms with Crippen molar-refractivity contribution in [2.24, 2.45) is 9.98 Å². The molecule has 4 aromatic carbocycles. The van der Waals surface area contributed by atoms with Crippen LogP contribution in [-0.4, -0.2) is 21.7 Å². The third-order valence-corrected chi connectivity index (χ3v) is 6.84. The number of fused-ring (bicyclic) bond motifs is 2. The Kier molecular flexibility index (Phi) is 7.60. The van der Waals surface area contributed by atoms with Crippen molar-refractivity contribution >= 4 is 45.1 Å². The van der Waals surface area contributed by atoms with Gasteiger partial charge in [-0.1, -0.05) is 36.4 Å². The molecule has 2 aromatic heterocycles. The second-order valence-corrected chi connectivity index (χ2v) is 9.80. The Bertz CT molecular complexity index is 2120. The predicted octanol–water partition coefficient (Wildman–Crippen LogP) is 6.27. The number of nitro benzene ring substituents is 2. The van der Waals surface area contributed by atoms with Gasteiger partial charge in [-0.05, 0) is 59.7 Å². The number of hydrogen-bond donors (Lipinski definition) is 0. The summed E-state index contributed by atoms with van der Waals surface area (Å²) in [5.41, 5.74) is 2.32. The number of nitro groups is 2. The zero-order valence-corrected chi connectivity index (χ0v) is 23.2. The lowest BCUT2D eigenvalue weighted by atomic mass is 10.1. The van der Waals surface area contributed by atoms with E-state index < -0.39 is 28.1 Å². The molecule has 0 aliphatic heterocycles. The molecule has 6 rings (SSSR count). The summed E-state index contributed by atoms with van der Waals surface area (Å²) >= 11 is 0. The molecule has 0 aliphatic rings. The normalized spacial score (nSPS) is 12.0. The van der Waals surface area contributed by atoms with Crippen molar-refractivity contribution in [3.8, 4) is 22.3 Å². The lowest BCUT2D eigenvalue weighted by molar-refractivity contribution is -0.385. The van der Waals surface area contributed by atoms with Crippen molar-refractivity contribution in [1.29, 1.82) is 0 Å². The fourth-order valence-electron chi connectivity index (χ4n) is 4.68. The maximum absolute atomic E-state index is 13.1. The first kappa shape index (κ1) is 28.6. The molecule has 2 heterocycles. The van der Waals surface area contributed by atoms with Gasteiger partial charge in [-0.2, -0.15) is 9.98 Å². The zero-order valence-electron chi connectivity index (χ0n) is 23.2. The lowest BCUT2D eigenvalue weighted by Gasteiger charge is -2.05. The minimum absolute atomic E-state index is 0.0812. The van der Waals surface area contributed by atoms with Gasteiger partial charge in [0, 0.05) is 46.2 Å². The van der Waals surface area contributed by atoms with Crippen LogP contribution in [-0.2, 0) is 9.59 Å². The summed E-state index contributed by atoms with van der Waals surface area (Å²) < 4.78 is 11.8. The molecule has 0 unspecified atom stereocenters. The van der Waals surface area contributed by atoms with Gasteiger partial charge in [-0.3, -0.25) is 29.8 Å². The van der Waals surface area contributed by atoms with Crippen LogP contribution in [0.1, 0.15) is 6.42 Å². The molecule has 0 fully saturated rings. The highest BCUT2D eigenvalue weighted by Crippen LogP contribution is 2.25. The highest BCUT2D eigenvalue weighted by atomic mass is 16.6. The van der Waals surface area contributed by atoms with Crippen molar-refractivity contribution in [1.82, 2.24) is 0 Å². The Morgan fingerprint density at radius 3 is 1.33 bits per heavy atom. The van der Waals surface area contributed by atoms with Crippen molar-refractivity contribution in [3.05, 3.63) is 141 Å². The van der Waals surface area contributed by atoms with Gasteiger partial charge >= 0.3 is 0 Å². The van der Waals surface area contributed by atoms with Crippen LogP contribution < -0.4 is 11.1 Å². The van der Waals surface area contributed by atoms with Crippen LogP contribution in [0, 0.1) is 20.2 Å². The molecule has 6 aromatic rings. The molecule has 12 heteroatoms. The molecule has 45 heavy (non-hydrogen) atoms. The Morgan fingerprint density at radius 1 is 0.578 bits per heavy atom. The van der Waals surface area contributed by atoms with E-state index in [2.05, 4.69) is 9.98 Å². The first-order valence-corrected chi connectivity index (χ1v) is 13.5. The fraction of sp³-hybridized carbons (Fsp3) is 0.0303. The maximum Gasteiger partial charge on any atom is 0.269 e. The van der Waals surface area contributed by atoms with Crippen molar-refractivity contribution in [3.63, 3.8) is 0 Å². The van der Waals surface area contributed by atoms with E-state index in [4.69, 9.17) is 8.83 Å². The molecule has 12 nitrogen and oxygen atoms in total.